The Morgan fingerprint density at radius 3 is 3.14 bits per heavy atom. The molecular weight excluding hydrogens is 174 g/mol. The van der Waals surface area contributed by atoms with E-state index in [0.717, 1.165) is 18.0 Å². The maximum absolute atomic E-state index is 12.0. The third-order valence-corrected chi connectivity index (χ3v) is 3.80. The lowest BCUT2D eigenvalue weighted by Crippen LogP contribution is -2.24. The van der Waals surface area contributed by atoms with Gasteiger partial charge in [-0.15, -0.1) is 0 Å². The summed E-state index contributed by atoms with van der Waals surface area (Å²) in [5, 5.41) is 0. The molecular formula is C12H15NO. The first-order valence-corrected chi connectivity index (χ1v) is 5.48. The van der Waals surface area contributed by atoms with Gasteiger partial charge in [0, 0.05) is 18.2 Å². The Morgan fingerprint density at radius 1 is 1.43 bits per heavy atom. The van der Waals surface area contributed by atoms with Crippen LogP contribution >= 0.6 is 0 Å². The number of carbonyl (C=O) groups excluding carboxylic acids is 1. The number of nitrogens with zero attached hydrogens (tertiary/aromatic N) is 1. The van der Waals surface area contributed by atoms with Crippen molar-refractivity contribution in [2.75, 3.05) is 0 Å². The van der Waals surface area contributed by atoms with Crippen LogP contribution in [0, 0.1) is 11.8 Å². The highest BCUT2D eigenvalue weighted by Gasteiger charge is 2.41. The van der Waals surface area contributed by atoms with Gasteiger partial charge in [0.15, 0.2) is 5.78 Å². The molecule has 2 nitrogen and oxygen atoms in total. The molecule has 0 amide bonds. The van der Waals surface area contributed by atoms with E-state index in [1.165, 1.54) is 12.8 Å². The van der Waals surface area contributed by atoms with Crippen LogP contribution in [0.15, 0.2) is 18.3 Å². The summed E-state index contributed by atoms with van der Waals surface area (Å²) in [5.74, 6) is 1.39. The van der Waals surface area contributed by atoms with E-state index in [9.17, 15) is 4.79 Å². The fourth-order valence-corrected chi connectivity index (χ4v) is 3.06. The number of carbonyl (C=O) groups is 1. The van der Waals surface area contributed by atoms with Crippen LogP contribution in [-0.4, -0.2) is 10.4 Å². The highest BCUT2D eigenvalue weighted by molar-refractivity contribution is 5.99. The summed E-state index contributed by atoms with van der Waals surface area (Å²) >= 11 is 0. The number of fused-ring (bicyclic) bond motifs is 3. The maximum Gasteiger partial charge on any atom is 0.184 e. The van der Waals surface area contributed by atoms with Gasteiger partial charge in [-0.3, -0.25) is 4.79 Å². The van der Waals surface area contributed by atoms with Crippen molar-refractivity contribution in [1.29, 1.82) is 0 Å². The second-order valence-corrected chi connectivity index (χ2v) is 4.76. The Hall–Kier alpha value is -1.05. The van der Waals surface area contributed by atoms with Crippen LogP contribution in [0.5, 0.6) is 0 Å². The molecule has 3 atom stereocenters. The minimum Gasteiger partial charge on any atom is -0.341 e. The van der Waals surface area contributed by atoms with Crippen LogP contribution in [0.1, 0.15) is 42.7 Å². The number of ketones is 1. The largest absolute Gasteiger partial charge is 0.341 e. The van der Waals surface area contributed by atoms with Gasteiger partial charge in [0.25, 0.3) is 0 Å². The summed E-state index contributed by atoms with van der Waals surface area (Å²) in [4.78, 5) is 12.0. The first kappa shape index (κ1) is 8.27. The molecule has 1 saturated carbocycles. The average Bonchev–Trinajstić information content (AvgIpc) is 2.72. The standard InChI is InChI=1S/C12H15NO/c1-8-4-5-10-9(7-8)12(14)11-3-2-6-13(10)11/h2-3,6,8-10H,4-5,7H2,1H3/t8-,9+,10-/m1/s1. The molecule has 0 bridgehead atoms. The zero-order valence-corrected chi connectivity index (χ0v) is 8.44. The molecule has 1 aromatic rings. The van der Waals surface area contributed by atoms with Crippen LogP contribution in [-0.2, 0) is 0 Å². The van der Waals surface area contributed by atoms with Crippen molar-refractivity contribution in [2.24, 2.45) is 11.8 Å². The Kier molecular flexibility index (Phi) is 1.61. The van der Waals surface area contributed by atoms with Crippen molar-refractivity contribution >= 4 is 5.78 Å². The number of hydrogen-bond acceptors (Lipinski definition) is 1. The molecule has 0 unspecified atom stereocenters. The van der Waals surface area contributed by atoms with E-state index in [4.69, 9.17) is 0 Å². The van der Waals surface area contributed by atoms with Gasteiger partial charge in [0.2, 0.25) is 0 Å². The normalized spacial score (nSPS) is 35.5. The lowest BCUT2D eigenvalue weighted by molar-refractivity contribution is 0.0864. The van der Waals surface area contributed by atoms with E-state index in [0.29, 0.717) is 11.8 Å². The molecule has 1 fully saturated rings. The van der Waals surface area contributed by atoms with Gasteiger partial charge >= 0.3 is 0 Å². The van der Waals surface area contributed by atoms with Crippen LogP contribution in [0.25, 0.3) is 0 Å². The van der Waals surface area contributed by atoms with E-state index >= 15 is 0 Å². The lowest BCUT2D eigenvalue weighted by Gasteiger charge is -2.29. The SMILES string of the molecule is C[C@@H]1CC[C@@H]2[C@H](C1)C(=O)c1cccn12. The van der Waals surface area contributed by atoms with Crippen molar-refractivity contribution in [2.45, 2.75) is 32.2 Å². The molecule has 74 valence electrons. The summed E-state index contributed by atoms with van der Waals surface area (Å²) in [6, 6.07) is 4.43. The monoisotopic (exact) mass is 189 g/mol. The molecule has 2 heterocycles. The molecule has 0 radical (unpaired) electrons. The van der Waals surface area contributed by atoms with Crippen LogP contribution < -0.4 is 0 Å². The molecule has 0 saturated heterocycles. The zero-order valence-electron chi connectivity index (χ0n) is 8.44. The third kappa shape index (κ3) is 0.941. The summed E-state index contributed by atoms with van der Waals surface area (Å²) < 4.78 is 2.19. The predicted octanol–water partition coefficient (Wildman–Crippen LogP) is 2.66. The smallest absolute Gasteiger partial charge is 0.184 e. The van der Waals surface area contributed by atoms with Gasteiger partial charge in [0.1, 0.15) is 0 Å². The maximum atomic E-state index is 12.0. The molecule has 1 aromatic heterocycles. The van der Waals surface area contributed by atoms with Gasteiger partial charge in [-0.1, -0.05) is 6.92 Å². The zero-order chi connectivity index (χ0) is 9.71. The van der Waals surface area contributed by atoms with E-state index < -0.39 is 0 Å². The van der Waals surface area contributed by atoms with Crippen LogP contribution in [0.3, 0.4) is 0 Å². The third-order valence-electron chi connectivity index (χ3n) is 3.80. The van der Waals surface area contributed by atoms with Crippen molar-refractivity contribution in [3.05, 3.63) is 24.0 Å². The van der Waals surface area contributed by atoms with Gasteiger partial charge < -0.3 is 4.57 Å². The van der Waals surface area contributed by atoms with Gasteiger partial charge in [-0.25, -0.2) is 0 Å². The summed E-state index contributed by atoms with van der Waals surface area (Å²) in [6.45, 7) is 2.26. The first-order valence-electron chi connectivity index (χ1n) is 5.48. The minimum absolute atomic E-state index is 0.287. The minimum atomic E-state index is 0.287. The van der Waals surface area contributed by atoms with Crippen LogP contribution in [0.4, 0.5) is 0 Å². The molecule has 14 heavy (non-hydrogen) atoms. The topological polar surface area (TPSA) is 22.0 Å². The van der Waals surface area contributed by atoms with E-state index in [2.05, 4.69) is 17.7 Å². The summed E-state index contributed by atoms with van der Waals surface area (Å²) in [5.41, 5.74) is 0.939. The number of rotatable bonds is 0. The quantitative estimate of drug-likeness (QED) is 0.615. The Balaban J connectivity index is 2.01. The Bertz CT molecular complexity index is 379. The molecule has 2 aliphatic rings. The number of hydrogen-bond donors (Lipinski definition) is 0. The van der Waals surface area contributed by atoms with E-state index in [1.807, 2.05) is 12.1 Å². The molecule has 1 aliphatic carbocycles. The fraction of sp³-hybridized carbons (Fsp3) is 0.583. The second-order valence-electron chi connectivity index (χ2n) is 4.76. The molecule has 1 aliphatic heterocycles. The highest BCUT2D eigenvalue weighted by Crippen LogP contribution is 2.43. The van der Waals surface area contributed by atoms with E-state index in [-0.39, 0.29) is 5.92 Å². The fourth-order valence-electron chi connectivity index (χ4n) is 3.06. The molecule has 3 rings (SSSR count). The van der Waals surface area contributed by atoms with Crippen LogP contribution in [0.2, 0.25) is 0 Å². The number of aromatic nitrogens is 1. The summed E-state index contributed by atoms with van der Waals surface area (Å²) in [7, 11) is 0. The molecule has 0 aromatic carbocycles. The van der Waals surface area contributed by atoms with E-state index in [1.54, 1.807) is 0 Å². The van der Waals surface area contributed by atoms with Gasteiger partial charge in [0.05, 0.1) is 5.69 Å². The lowest BCUT2D eigenvalue weighted by atomic mass is 9.78. The van der Waals surface area contributed by atoms with Crippen molar-refractivity contribution < 1.29 is 4.79 Å². The Labute approximate surface area is 83.9 Å². The van der Waals surface area contributed by atoms with Gasteiger partial charge in [-0.05, 0) is 37.3 Å². The molecule has 0 N–H and O–H groups in total. The van der Waals surface area contributed by atoms with Crippen molar-refractivity contribution in [3.63, 3.8) is 0 Å². The van der Waals surface area contributed by atoms with Crippen molar-refractivity contribution in [3.8, 4) is 0 Å². The molecule has 2 heteroatoms. The highest BCUT2D eigenvalue weighted by atomic mass is 16.1. The first-order chi connectivity index (χ1) is 6.77. The van der Waals surface area contributed by atoms with Crippen molar-refractivity contribution in [1.82, 2.24) is 4.57 Å². The summed E-state index contributed by atoms with van der Waals surface area (Å²) in [6.07, 6.45) is 5.60. The second kappa shape index (κ2) is 2.72. The molecule has 0 spiro atoms. The Morgan fingerprint density at radius 2 is 2.29 bits per heavy atom. The number of Topliss-reactive ketones (excluding diaryl/α,β-unsaturated/α-hetero) is 1. The predicted molar refractivity (Wildman–Crippen MR) is 54.3 cm³/mol. The van der Waals surface area contributed by atoms with Gasteiger partial charge in [-0.2, -0.15) is 0 Å². The average molecular weight is 189 g/mol.